The summed E-state index contributed by atoms with van der Waals surface area (Å²) in [4.78, 5) is 39.5. The predicted molar refractivity (Wildman–Crippen MR) is 119 cm³/mol. The van der Waals surface area contributed by atoms with Crippen molar-refractivity contribution in [2.75, 3.05) is 6.54 Å². The van der Waals surface area contributed by atoms with Gasteiger partial charge in [-0.2, -0.15) is 0 Å². The summed E-state index contributed by atoms with van der Waals surface area (Å²) in [7, 11) is 0. The van der Waals surface area contributed by atoms with Crippen LogP contribution in [0.5, 0.6) is 5.75 Å². The third kappa shape index (κ3) is 4.89. The van der Waals surface area contributed by atoms with Crippen LogP contribution in [-0.4, -0.2) is 35.2 Å². The lowest BCUT2D eigenvalue weighted by Gasteiger charge is -2.27. The number of fused-ring (bicyclic) bond motifs is 1. The summed E-state index contributed by atoms with van der Waals surface area (Å²) in [6, 6.07) is 9.26. The second kappa shape index (κ2) is 8.69. The van der Waals surface area contributed by atoms with Crippen LogP contribution < -0.4 is 10.2 Å². The van der Waals surface area contributed by atoms with Crippen LogP contribution in [0.2, 0.25) is 0 Å². The number of benzene rings is 2. The van der Waals surface area contributed by atoms with E-state index in [1.165, 1.54) is 53.6 Å². The van der Waals surface area contributed by atoms with Crippen LogP contribution in [-0.2, 0) is 9.53 Å². The Hall–Kier alpha value is -3.68. The molecule has 7 nitrogen and oxygen atoms in total. The fourth-order valence-corrected chi connectivity index (χ4v) is 3.74. The maximum Gasteiger partial charge on any atom is 0.411 e. The van der Waals surface area contributed by atoms with Crippen molar-refractivity contribution in [3.05, 3.63) is 64.8 Å². The van der Waals surface area contributed by atoms with Crippen molar-refractivity contribution >= 4 is 23.0 Å². The van der Waals surface area contributed by atoms with E-state index in [0.717, 1.165) is 0 Å². The van der Waals surface area contributed by atoms with Gasteiger partial charge in [0.05, 0.1) is 10.9 Å². The average molecular weight is 453 g/mol. The normalized spacial score (nSPS) is 16.1. The van der Waals surface area contributed by atoms with Gasteiger partial charge in [-0.15, -0.1) is 0 Å². The highest BCUT2D eigenvalue weighted by Crippen LogP contribution is 2.26. The topological polar surface area (TPSA) is 86.0 Å². The minimum atomic E-state index is -0.747. The van der Waals surface area contributed by atoms with E-state index in [1.807, 2.05) is 0 Å². The van der Waals surface area contributed by atoms with Crippen LogP contribution in [0.3, 0.4) is 0 Å². The molecule has 1 aromatic heterocycles. The molecule has 1 saturated heterocycles. The van der Waals surface area contributed by atoms with Crippen molar-refractivity contribution < 1.29 is 27.9 Å². The van der Waals surface area contributed by atoms with Crippen molar-refractivity contribution in [1.29, 1.82) is 0 Å². The zero-order valence-electron chi connectivity index (χ0n) is 18.6. The van der Waals surface area contributed by atoms with Crippen molar-refractivity contribution in [3.63, 3.8) is 0 Å². The Kier molecular flexibility index (Phi) is 5.93. The molecule has 4 rings (SSSR count). The molecule has 0 bridgehead atoms. The van der Waals surface area contributed by atoms with Gasteiger partial charge in [0.1, 0.15) is 35.1 Å². The molecule has 0 saturated carbocycles. The molecule has 1 atom stereocenters. The summed E-state index contributed by atoms with van der Waals surface area (Å²) in [6.45, 7) is 5.70. The average Bonchev–Trinajstić information content (AvgIpc) is 3.24. The summed E-state index contributed by atoms with van der Waals surface area (Å²) < 4.78 is 29.7. The molecule has 0 unspecified atom stereocenters. The molecule has 3 aromatic rings. The Morgan fingerprint density at radius 1 is 1.12 bits per heavy atom. The standard InChI is InChI=1S/C25H24FNO6/c1-25(2,3)33-24(30)27-12-4-5-20(27)23(29)32-17-10-11-18-21(13-17)31-14-19(22(18)28)15-6-8-16(26)9-7-15/h6-11,13-14,20H,4-5,12H2,1-3H3/t20-/m1/s1. The second-order valence-electron chi connectivity index (χ2n) is 8.90. The Bertz CT molecular complexity index is 1260. The fraction of sp³-hybridized carbons (Fsp3) is 0.320. The van der Waals surface area contributed by atoms with Crippen LogP contribution >= 0.6 is 0 Å². The van der Waals surface area contributed by atoms with Gasteiger partial charge in [0.2, 0.25) is 0 Å². The molecule has 1 aliphatic rings. The van der Waals surface area contributed by atoms with Crippen LogP contribution in [0.4, 0.5) is 9.18 Å². The van der Waals surface area contributed by atoms with E-state index in [4.69, 9.17) is 13.9 Å². The monoisotopic (exact) mass is 453 g/mol. The van der Waals surface area contributed by atoms with Crippen LogP contribution in [0.25, 0.3) is 22.1 Å². The Morgan fingerprint density at radius 3 is 2.55 bits per heavy atom. The van der Waals surface area contributed by atoms with E-state index >= 15 is 0 Å². The third-order valence-electron chi connectivity index (χ3n) is 5.27. The molecule has 2 aromatic carbocycles. The number of carbonyl (C=O) groups is 2. The van der Waals surface area contributed by atoms with Crippen LogP contribution in [0.1, 0.15) is 33.6 Å². The number of halogens is 1. The highest BCUT2D eigenvalue weighted by molar-refractivity contribution is 5.86. The minimum absolute atomic E-state index is 0.196. The first-order valence-electron chi connectivity index (χ1n) is 10.7. The largest absolute Gasteiger partial charge is 0.463 e. The second-order valence-corrected chi connectivity index (χ2v) is 8.90. The quantitative estimate of drug-likeness (QED) is 0.414. The summed E-state index contributed by atoms with van der Waals surface area (Å²) in [5, 5.41) is 0.299. The summed E-state index contributed by atoms with van der Waals surface area (Å²) in [6.07, 6.45) is 1.88. The van der Waals surface area contributed by atoms with E-state index in [1.54, 1.807) is 20.8 Å². The minimum Gasteiger partial charge on any atom is -0.463 e. The van der Waals surface area contributed by atoms with E-state index in [9.17, 15) is 18.8 Å². The van der Waals surface area contributed by atoms with Crippen molar-refractivity contribution in [1.82, 2.24) is 4.90 Å². The number of hydrogen-bond acceptors (Lipinski definition) is 6. The van der Waals surface area contributed by atoms with Gasteiger partial charge in [-0.25, -0.2) is 14.0 Å². The molecule has 0 aliphatic carbocycles. The summed E-state index contributed by atoms with van der Waals surface area (Å²) >= 11 is 0. The number of hydrogen-bond donors (Lipinski definition) is 0. The zero-order valence-corrected chi connectivity index (χ0v) is 18.6. The van der Waals surface area contributed by atoms with Gasteiger partial charge in [0.25, 0.3) is 0 Å². The highest BCUT2D eigenvalue weighted by Gasteiger charge is 2.38. The summed E-state index contributed by atoms with van der Waals surface area (Å²) in [5.41, 5.74) is 0.119. The number of esters is 1. The molecule has 0 spiro atoms. The Labute approximate surface area is 189 Å². The van der Waals surface area contributed by atoms with Gasteiger partial charge in [-0.1, -0.05) is 12.1 Å². The Morgan fingerprint density at radius 2 is 1.85 bits per heavy atom. The number of carbonyl (C=O) groups excluding carboxylic acids is 2. The van der Waals surface area contributed by atoms with Gasteiger partial charge >= 0.3 is 12.1 Å². The van der Waals surface area contributed by atoms with E-state index < -0.39 is 29.5 Å². The molecule has 172 valence electrons. The SMILES string of the molecule is CC(C)(C)OC(=O)N1CCC[C@@H]1C(=O)Oc1ccc2c(=O)c(-c3ccc(F)cc3)coc2c1. The van der Waals surface area contributed by atoms with E-state index in [2.05, 4.69) is 0 Å². The van der Waals surface area contributed by atoms with Crippen LogP contribution in [0.15, 0.2) is 57.9 Å². The lowest BCUT2D eigenvalue weighted by molar-refractivity contribution is -0.139. The molecule has 2 heterocycles. The first-order chi connectivity index (χ1) is 15.6. The maximum absolute atomic E-state index is 13.2. The first-order valence-corrected chi connectivity index (χ1v) is 10.7. The molecule has 1 amide bonds. The van der Waals surface area contributed by atoms with Crippen molar-refractivity contribution in [2.24, 2.45) is 0 Å². The van der Waals surface area contributed by atoms with Gasteiger partial charge in [0.15, 0.2) is 5.43 Å². The van der Waals surface area contributed by atoms with E-state index in [-0.39, 0.29) is 16.8 Å². The van der Waals surface area contributed by atoms with Crippen molar-refractivity contribution in [3.8, 4) is 16.9 Å². The van der Waals surface area contributed by atoms with Gasteiger partial charge in [-0.3, -0.25) is 9.69 Å². The number of rotatable bonds is 3. The number of amides is 1. The molecular formula is C25H24FNO6. The van der Waals surface area contributed by atoms with Crippen LogP contribution in [0, 0.1) is 5.82 Å². The molecule has 1 fully saturated rings. The zero-order chi connectivity index (χ0) is 23.8. The molecule has 8 heteroatoms. The van der Waals surface area contributed by atoms with Gasteiger partial charge in [0, 0.05) is 12.6 Å². The van der Waals surface area contributed by atoms with Gasteiger partial charge < -0.3 is 13.9 Å². The first kappa shape index (κ1) is 22.5. The molecule has 0 N–H and O–H groups in total. The van der Waals surface area contributed by atoms with Crippen molar-refractivity contribution in [2.45, 2.75) is 45.3 Å². The third-order valence-corrected chi connectivity index (χ3v) is 5.27. The summed E-state index contributed by atoms with van der Waals surface area (Å²) in [5.74, 6) is -0.785. The van der Waals surface area contributed by atoms with E-state index in [0.29, 0.717) is 35.9 Å². The molecule has 1 aliphatic heterocycles. The molecule has 33 heavy (non-hydrogen) atoms. The number of nitrogens with zero attached hydrogens (tertiary/aromatic N) is 1. The number of ether oxygens (including phenoxy) is 2. The van der Waals surface area contributed by atoms with Gasteiger partial charge in [-0.05, 0) is 63.4 Å². The predicted octanol–water partition coefficient (Wildman–Crippen LogP) is 4.90. The molecule has 0 radical (unpaired) electrons. The lowest BCUT2D eigenvalue weighted by Crippen LogP contribution is -2.44. The highest BCUT2D eigenvalue weighted by atomic mass is 19.1. The maximum atomic E-state index is 13.2. The lowest BCUT2D eigenvalue weighted by atomic mass is 10.1. The molecular weight excluding hydrogens is 429 g/mol. The number of likely N-dealkylation sites (tertiary alicyclic amines) is 1. The smallest absolute Gasteiger partial charge is 0.411 e. The fourth-order valence-electron chi connectivity index (χ4n) is 3.74. The Balaban J connectivity index is 1.54.